The highest BCUT2D eigenvalue weighted by molar-refractivity contribution is 6.00. The van der Waals surface area contributed by atoms with Gasteiger partial charge in [0, 0.05) is 38.4 Å². The third kappa shape index (κ3) is 8.36. The fraction of sp³-hybridized carbons (Fsp3) is 0.250. The van der Waals surface area contributed by atoms with Gasteiger partial charge in [0.25, 0.3) is 0 Å². The van der Waals surface area contributed by atoms with Crippen molar-refractivity contribution in [1.29, 1.82) is 0 Å². The summed E-state index contributed by atoms with van der Waals surface area (Å²) in [4.78, 5) is 37.6. The zero-order chi connectivity index (χ0) is 26.8. The Morgan fingerprint density at radius 1 is 0.946 bits per heavy atom. The largest absolute Gasteiger partial charge is 0.490 e. The van der Waals surface area contributed by atoms with Crippen molar-refractivity contribution in [2.75, 3.05) is 49.3 Å². The molecule has 4 N–H and O–H groups in total. The van der Waals surface area contributed by atoms with Crippen molar-refractivity contribution in [2.45, 2.75) is 13.3 Å². The average molecular weight is 505 g/mol. The molecule has 0 aromatic heterocycles. The first kappa shape index (κ1) is 27.2. The first-order chi connectivity index (χ1) is 17.7. The van der Waals surface area contributed by atoms with Crippen molar-refractivity contribution in [3.05, 3.63) is 83.4 Å². The maximum atomic E-state index is 12.3. The van der Waals surface area contributed by atoms with Gasteiger partial charge in [-0.15, -0.1) is 0 Å². The van der Waals surface area contributed by atoms with Crippen LogP contribution in [0.3, 0.4) is 0 Å². The number of carboxylic acids is 1. The van der Waals surface area contributed by atoms with Gasteiger partial charge in [0.05, 0.1) is 17.8 Å². The van der Waals surface area contributed by atoms with E-state index in [0.717, 1.165) is 16.8 Å². The van der Waals surface area contributed by atoms with Crippen molar-refractivity contribution in [1.82, 2.24) is 5.32 Å². The lowest BCUT2D eigenvalue weighted by Gasteiger charge is -2.18. The van der Waals surface area contributed by atoms with E-state index in [9.17, 15) is 19.5 Å². The Labute approximate surface area is 216 Å². The molecule has 3 aromatic carbocycles. The molecule has 0 aliphatic carbocycles. The van der Waals surface area contributed by atoms with Crippen LogP contribution >= 0.6 is 0 Å². The Kier molecular flexibility index (Phi) is 9.62. The summed E-state index contributed by atoms with van der Waals surface area (Å²) in [6.45, 7) is 2.90. The summed E-state index contributed by atoms with van der Waals surface area (Å²) in [5.74, 6) is -0.397. The molecule has 0 spiro atoms. The van der Waals surface area contributed by atoms with E-state index in [0.29, 0.717) is 30.3 Å². The average Bonchev–Trinajstić information content (AvgIpc) is 2.86. The number of carbonyl (C=O) groups is 3. The van der Waals surface area contributed by atoms with E-state index in [1.54, 1.807) is 29.2 Å². The summed E-state index contributed by atoms with van der Waals surface area (Å²) < 4.78 is 5.77. The maximum absolute atomic E-state index is 12.3. The standard InChI is InChI=1S/C28H32N4O5/c1-19-6-4-5-7-24(19)31-28(36)30-22-11-8-20(9-12-22)16-23(33)18-29-14-15-37-26-13-10-21(27(34)35)17-25(26)32(2)3/h4-13,17,29H,14-16,18H2,1-3H3,(H,34,35)(H2,30,31,36). The second-order valence-corrected chi connectivity index (χ2v) is 8.71. The van der Waals surface area contributed by atoms with E-state index >= 15 is 0 Å². The number of anilines is 3. The smallest absolute Gasteiger partial charge is 0.335 e. The fourth-order valence-electron chi connectivity index (χ4n) is 3.58. The number of benzene rings is 3. The number of aryl methyl sites for hydroxylation is 1. The number of carbonyl (C=O) groups excluding carboxylic acids is 2. The van der Waals surface area contributed by atoms with Crippen molar-refractivity contribution in [2.24, 2.45) is 0 Å². The molecule has 0 radical (unpaired) electrons. The molecule has 0 fully saturated rings. The van der Waals surface area contributed by atoms with Crippen molar-refractivity contribution in [3.63, 3.8) is 0 Å². The minimum Gasteiger partial charge on any atom is -0.490 e. The molecule has 0 heterocycles. The molecule has 3 rings (SSSR count). The fourth-order valence-corrected chi connectivity index (χ4v) is 3.58. The number of hydrogen-bond acceptors (Lipinski definition) is 6. The minimum absolute atomic E-state index is 0.0257. The Balaban J connectivity index is 1.39. The number of hydrogen-bond donors (Lipinski definition) is 4. The summed E-state index contributed by atoms with van der Waals surface area (Å²) in [5, 5.41) is 17.8. The van der Waals surface area contributed by atoms with Crippen LogP contribution in [0.4, 0.5) is 21.9 Å². The number of para-hydroxylation sites is 1. The van der Waals surface area contributed by atoms with Crippen LogP contribution in [0.15, 0.2) is 66.7 Å². The first-order valence-electron chi connectivity index (χ1n) is 11.9. The highest BCUT2D eigenvalue weighted by Gasteiger charge is 2.11. The summed E-state index contributed by atoms with van der Waals surface area (Å²) in [7, 11) is 3.63. The van der Waals surface area contributed by atoms with E-state index < -0.39 is 5.97 Å². The second kappa shape index (κ2) is 13.1. The lowest BCUT2D eigenvalue weighted by Crippen LogP contribution is -2.28. The molecule has 9 heteroatoms. The second-order valence-electron chi connectivity index (χ2n) is 8.71. The predicted molar refractivity (Wildman–Crippen MR) is 145 cm³/mol. The highest BCUT2D eigenvalue weighted by atomic mass is 16.5. The van der Waals surface area contributed by atoms with Crippen LogP contribution in [0, 0.1) is 6.92 Å². The number of urea groups is 1. The topological polar surface area (TPSA) is 120 Å². The molecule has 3 aromatic rings. The van der Waals surface area contributed by atoms with Crippen LogP contribution in [0.25, 0.3) is 0 Å². The van der Waals surface area contributed by atoms with E-state index in [1.807, 2.05) is 57.4 Å². The predicted octanol–water partition coefficient (Wildman–Crippen LogP) is 4.18. The normalized spacial score (nSPS) is 10.5. The molecule has 0 saturated carbocycles. The van der Waals surface area contributed by atoms with Crippen LogP contribution in [0.2, 0.25) is 0 Å². The van der Waals surface area contributed by atoms with Crippen LogP contribution in [-0.2, 0) is 11.2 Å². The Morgan fingerprint density at radius 2 is 1.68 bits per heavy atom. The number of carboxylic acid groups (broad SMARTS) is 1. The van der Waals surface area contributed by atoms with Gasteiger partial charge in [-0.3, -0.25) is 4.79 Å². The number of Topliss-reactive ketones (excluding diaryl/α,β-unsaturated/α-hetero) is 1. The van der Waals surface area contributed by atoms with Crippen molar-refractivity contribution < 1.29 is 24.2 Å². The molecule has 0 aliphatic heterocycles. The van der Waals surface area contributed by atoms with Gasteiger partial charge < -0.3 is 30.7 Å². The summed E-state index contributed by atoms with van der Waals surface area (Å²) in [6.07, 6.45) is 0.269. The molecular formula is C28H32N4O5. The number of amides is 2. The monoisotopic (exact) mass is 504 g/mol. The zero-order valence-corrected chi connectivity index (χ0v) is 21.2. The van der Waals surface area contributed by atoms with Gasteiger partial charge in [-0.2, -0.15) is 0 Å². The molecule has 0 aliphatic rings. The van der Waals surface area contributed by atoms with E-state index in [1.165, 1.54) is 6.07 Å². The number of aromatic carboxylic acids is 1. The quantitative estimate of drug-likeness (QED) is 0.273. The molecule has 0 atom stereocenters. The van der Waals surface area contributed by atoms with Gasteiger partial charge in [0.15, 0.2) is 5.78 Å². The maximum Gasteiger partial charge on any atom is 0.335 e. The Bertz CT molecular complexity index is 1240. The molecule has 2 amide bonds. The van der Waals surface area contributed by atoms with Crippen molar-refractivity contribution in [3.8, 4) is 5.75 Å². The summed E-state index contributed by atoms with van der Waals surface area (Å²) >= 11 is 0. The number of rotatable bonds is 12. The molecule has 194 valence electrons. The molecule has 0 bridgehead atoms. The van der Waals surface area contributed by atoms with Gasteiger partial charge in [0.1, 0.15) is 12.4 Å². The molecule has 37 heavy (non-hydrogen) atoms. The van der Waals surface area contributed by atoms with Crippen LogP contribution in [0.1, 0.15) is 21.5 Å². The Hall–Kier alpha value is -4.37. The minimum atomic E-state index is -0.996. The number of nitrogens with one attached hydrogen (secondary N) is 3. The number of ketones is 1. The number of ether oxygens (including phenoxy) is 1. The van der Waals surface area contributed by atoms with Crippen LogP contribution in [-0.4, -0.2) is 56.7 Å². The summed E-state index contributed by atoms with van der Waals surface area (Å²) in [6, 6.07) is 19.0. The van der Waals surface area contributed by atoms with E-state index in [4.69, 9.17) is 4.74 Å². The highest BCUT2D eigenvalue weighted by Crippen LogP contribution is 2.28. The molecular weight excluding hydrogens is 472 g/mol. The van der Waals surface area contributed by atoms with E-state index in [-0.39, 0.29) is 30.3 Å². The number of nitrogens with zero attached hydrogens (tertiary/aromatic N) is 1. The van der Waals surface area contributed by atoms with Gasteiger partial charge in [-0.1, -0.05) is 30.3 Å². The third-order valence-corrected chi connectivity index (χ3v) is 5.55. The van der Waals surface area contributed by atoms with Gasteiger partial charge in [-0.05, 0) is 54.4 Å². The van der Waals surface area contributed by atoms with E-state index in [2.05, 4.69) is 16.0 Å². The van der Waals surface area contributed by atoms with Gasteiger partial charge in [0.2, 0.25) is 0 Å². The zero-order valence-electron chi connectivity index (χ0n) is 21.2. The lowest BCUT2D eigenvalue weighted by atomic mass is 10.1. The Morgan fingerprint density at radius 3 is 2.35 bits per heavy atom. The SMILES string of the molecule is Cc1ccccc1NC(=O)Nc1ccc(CC(=O)CNCCOc2ccc(C(=O)O)cc2N(C)C)cc1. The molecule has 0 saturated heterocycles. The van der Waals surface area contributed by atoms with Gasteiger partial charge in [-0.25, -0.2) is 9.59 Å². The lowest BCUT2D eigenvalue weighted by molar-refractivity contribution is -0.117. The first-order valence-corrected chi connectivity index (χ1v) is 11.9. The molecule has 0 unspecified atom stereocenters. The summed E-state index contributed by atoms with van der Waals surface area (Å²) in [5.41, 5.74) is 4.05. The van der Waals surface area contributed by atoms with Crippen LogP contribution in [0.5, 0.6) is 5.75 Å². The van der Waals surface area contributed by atoms with Crippen molar-refractivity contribution >= 4 is 34.8 Å². The van der Waals surface area contributed by atoms with Gasteiger partial charge >= 0.3 is 12.0 Å². The third-order valence-electron chi connectivity index (χ3n) is 5.55. The van der Waals surface area contributed by atoms with Crippen LogP contribution < -0.4 is 25.6 Å². The molecule has 9 nitrogen and oxygen atoms in total.